The van der Waals surface area contributed by atoms with Gasteiger partial charge in [0.2, 0.25) is 0 Å². The predicted octanol–water partition coefficient (Wildman–Crippen LogP) is 3.01. The molecule has 0 spiro atoms. The Kier molecular flexibility index (Phi) is 4.62. The summed E-state index contributed by atoms with van der Waals surface area (Å²) in [6.45, 7) is 0.836. The molecule has 1 aromatic heterocycles. The third-order valence-corrected chi connectivity index (χ3v) is 5.04. The number of benzene rings is 1. The van der Waals surface area contributed by atoms with Crippen molar-refractivity contribution in [2.45, 2.75) is 18.4 Å². The molecular formula is C17H18N2O3S. The van der Waals surface area contributed by atoms with E-state index in [9.17, 15) is 14.7 Å². The van der Waals surface area contributed by atoms with Crippen molar-refractivity contribution in [3.63, 3.8) is 0 Å². The lowest BCUT2D eigenvalue weighted by molar-refractivity contribution is 0.0892. The maximum Gasteiger partial charge on any atom is 0.407 e. The summed E-state index contributed by atoms with van der Waals surface area (Å²) < 4.78 is 0. The highest BCUT2D eigenvalue weighted by atomic mass is 32.1. The molecule has 2 atom stereocenters. The monoisotopic (exact) mass is 330 g/mol. The fourth-order valence-electron chi connectivity index (χ4n) is 2.98. The minimum absolute atomic E-state index is 0.0371. The number of carbonyl (C=O) groups excluding carboxylic acids is 1. The number of carbonyl (C=O) groups is 2. The number of piperidine rings is 1. The average molecular weight is 330 g/mol. The quantitative estimate of drug-likeness (QED) is 0.909. The van der Waals surface area contributed by atoms with Crippen LogP contribution in [-0.4, -0.2) is 41.1 Å². The molecule has 1 aromatic carbocycles. The van der Waals surface area contributed by atoms with Crippen LogP contribution >= 0.6 is 11.3 Å². The van der Waals surface area contributed by atoms with Gasteiger partial charge < -0.3 is 15.3 Å². The molecule has 6 heteroatoms. The Balaban J connectivity index is 1.79. The second kappa shape index (κ2) is 6.83. The third kappa shape index (κ3) is 3.53. The minimum Gasteiger partial charge on any atom is -0.465 e. The number of nitrogens with zero attached hydrogens (tertiary/aromatic N) is 1. The Morgan fingerprint density at radius 2 is 1.96 bits per heavy atom. The Morgan fingerprint density at radius 3 is 2.61 bits per heavy atom. The van der Waals surface area contributed by atoms with Crippen molar-refractivity contribution in [2.75, 3.05) is 13.1 Å². The van der Waals surface area contributed by atoms with E-state index in [0.717, 1.165) is 5.56 Å². The lowest BCUT2D eigenvalue weighted by Crippen LogP contribution is -2.50. The van der Waals surface area contributed by atoms with Gasteiger partial charge in [-0.25, -0.2) is 4.79 Å². The zero-order valence-electron chi connectivity index (χ0n) is 12.5. The van der Waals surface area contributed by atoms with Crippen molar-refractivity contribution in [2.24, 2.45) is 0 Å². The van der Waals surface area contributed by atoms with Gasteiger partial charge in [-0.3, -0.25) is 4.79 Å². The summed E-state index contributed by atoms with van der Waals surface area (Å²) in [6.07, 6.45) is -0.294. The molecule has 0 unspecified atom stereocenters. The first kappa shape index (κ1) is 15.6. The highest BCUT2D eigenvalue weighted by Gasteiger charge is 2.33. The van der Waals surface area contributed by atoms with Crippen LogP contribution in [0, 0.1) is 0 Å². The van der Waals surface area contributed by atoms with Crippen LogP contribution in [0.5, 0.6) is 0 Å². The maximum atomic E-state index is 12.3. The zero-order chi connectivity index (χ0) is 16.2. The number of thiophene rings is 1. The molecule has 23 heavy (non-hydrogen) atoms. The van der Waals surface area contributed by atoms with Crippen molar-refractivity contribution < 1.29 is 14.7 Å². The number of carboxylic acid groups (broad SMARTS) is 1. The molecule has 2 amide bonds. The van der Waals surface area contributed by atoms with E-state index in [1.54, 1.807) is 6.07 Å². The summed E-state index contributed by atoms with van der Waals surface area (Å²) in [4.78, 5) is 25.7. The first-order valence-electron chi connectivity index (χ1n) is 7.52. The van der Waals surface area contributed by atoms with E-state index >= 15 is 0 Å². The Labute approximate surface area is 138 Å². The first-order valence-corrected chi connectivity index (χ1v) is 8.40. The molecule has 0 radical (unpaired) electrons. The largest absolute Gasteiger partial charge is 0.465 e. The summed E-state index contributed by atoms with van der Waals surface area (Å²) in [5.41, 5.74) is 1.05. The van der Waals surface area contributed by atoms with Crippen molar-refractivity contribution in [3.8, 4) is 0 Å². The number of hydrogen-bond donors (Lipinski definition) is 2. The van der Waals surface area contributed by atoms with Gasteiger partial charge in [0.15, 0.2) is 0 Å². The van der Waals surface area contributed by atoms with Gasteiger partial charge in [0.25, 0.3) is 5.91 Å². The summed E-state index contributed by atoms with van der Waals surface area (Å²) in [5, 5.41) is 14.2. The fraction of sp³-hybridized carbons (Fsp3) is 0.294. The molecule has 5 nitrogen and oxygen atoms in total. The fourth-order valence-corrected chi connectivity index (χ4v) is 3.61. The lowest BCUT2D eigenvalue weighted by atomic mass is 9.86. The van der Waals surface area contributed by atoms with Gasteiger partial charge in [-0.2, -0.15) is 0 Å². The molecule has 0 saturated carbocycles. The van der Waals surface area contributed by atoms with Crippen LogP contribution in [0.1, 0.15) is 27.6 Å². The van der Waals surface area contributed by atoms with Gasteiger partial charge in [-0.15, -0.1) is 11.3 Å². The van der Waals surface area contributed by atoms with Gasteiger partial charge in [0, 0.05) is 25.0 Å². The van der Waals surface area contributed by atoms with Gasteiger partial charge in [-0.05, 0) is 23.4 Å². The summed E-state index contributed by atoms with van der Waals surface area (Å²) in [5.74, 6) is -0.125. The van der Waals surface area contributed by atoms with Crippen LogP contribution in [0.2, 0.25) is 0 Å². The standard InChI is InChI=1S/C17H18N2O3S/c20-16(15-7-4-10-23-15)18-14-8-9-19(17(21)22)11-13(14)12-5-2-1-3-6-12/h1-7,10,13-14H,8-9,11H2,(H,18,20)(H,21,22)/t13-,14+/m0/s1. The Morgan fingerprint density at radius 1 is 1.17 bits per heavy atom. The van der Waals surface area contributed by atoms with E-state index in [-0.39, 0.29) is 17.9 Å². The van der Waals surface area contributed by atoms with E-state index in [1.165, 1.54) is 16.2 Å². The highest BCUT2D eigenvalue weighted by molar-refractivity contribution is 7.12. The van der Waals surface area contributed by atoms with Gasteiger partial charge in [-0.1, -0.05) is 36.4 Å². The maximum absolute atomic E-state index is 12.3. The third-order valence-electron chi connectivity index (χ3n) is 4.17. The van der Waals surface area contributed by atoms with Gasteiger partial charge >= 0.3 is 6.09 Å². The van der Waals surface area contributed by atoms with E-state index in [1.807, 2.05) is 41.8 Å². The number of hydrogen-bond acceptors (Lipinski definition) is 3. The molecule has 120 valence electrons. The number of likely N-dealkylation sites (tertiary alicyclic amines) is 1. The average Bonchev–Trinajstić information content (AvgIpc) is 3.10. The molecule has 1 saturated heterocycles. The van der Waals surface area contributed by atoms with E-state index in [0.29, 0.717) is 24.4 Å². The van der Waals surface area contributed by atoms with Crippen LogP contribution in [0.15, 0.2) is 47.8 Å². The second-order valence-corrected chi connectivity index (χ2v) is 6.54. The first-order chi connectivity index (χ1) is 11.1. The van der Waals surface area contributed by atoms with Crippen LogP contribution < -0.4 is 5.32 Å². The van der Waals surface area contributed by atoms with Crippen molar-refractivity contribution in [1.82, 2.24) is 10.2 Å². The van der Waals surface area contributed by atoms with Crippen LogP contribution in [0.4, 0.5) is 4.79 Å². The second-order valence-electron chi connectivity index (χ2n) is 5.59. The molecule has 0 aliphatic carbocycles. The molecule has 3 rings (SSSR count). The van der Waals surface area contributed by atoms with E-state index in [4.69, 9.17) is 0 Å². The van der Waals surface area contributed by atoms with Gasteiger partial charge in [0.1, 0.15) is 0 Å². The number of nitrogens with one attached hydrogen (secondary N) is 1. The molecule has 2 aromatic rings. The smallest absolute Gasteiger partial charge is 0.407 e. The Bertz CT molecular complexity index is 672. The molecule has 1 fully saturated rings. The SMILES string of the molecule is O=C(N[C@@H]1CCN(C(=O)O)C[C@H]1c1ccccc1)c1cccs1. The summed E-state index contributed by atoms with van der Waals surface area (Å²) in [7, 11) is 0. The van der Waals surface area contributed by atoms with Gasteiger partial charge in [0.05, 0.1) is 4.88 Å². The number of rotatable bonds is 3. The molecule has 1 aliphatic heterocycles. The molecule has 2 N–H and O–H groups in total. The van der Waals surface area contributed by atoms with Crippen molar-refractivity contribution in [1.29, 1.82) is 0 Å². The predicted molar refractivity (Wildman–Crippen MR) is 89.0 cm³/mol. The van der Waals surface area contributed by atoms with Crippen LogP contribution in [-0.2, 0) is 0 Å². The van der Waals surface area contributed by atoms with Crippen molar-refractivity contribution in [3.05, 3.63) is 58.3 Å². The molecule has 1 aliphatic rings. The summed E-state index contributed by atoms with van der Waals surface area (Å²) >= 11 is 1.41. The normalized spacial score (nSPS) is 21.0. The lowest BCUT2D eigenvalue weighted by Gasteiger charge is -2.37. The zero-order valence-corrected chi connectivity index (χ0v) is 13.3. The van der Waals surface area contributed by atoms with E-state index < -0.39 is 6.09 Å². The topological polar surface area (TPSA) is 69.6 Å². The Hall–Kier alpha value is -2.34. The number of amides is 2. The summed E-state index contributed by atoms with van der Waals surface area (Å²) in [6, 6.07) is 13.4. The van der Waals surface area contributed by atoms with Crippen molar-refractivity contribution >= 4 is 23.3 Å². The minimum atomic E-state index is -0.908. The highest BCUT2D eigenvalue weighted by Crippen LogP contribution is 2.28. The van der Waals surface area contributed by atoms with Crippen LogP contribution in [0.3, 0.4) is 0 Å². The molecular weight excluding hydrogens is 312 g/mol. The molecule has 2 heterocycles. The molecule has 0 bridgehead atoms. The van der Waals surface area contributed by atoms with E-state index in [2.05, 4.69) is 5.32 Å². The van der Waals surface area contributed by atoms with Crippen LogP contribution in [0.25, 0.3) is 0 Å².